The molecule has 1 aromatic heterocycles. The number of non-ortho nitro benzene ring substituents is 1. The van der Waals surface area contributed by atoms with Crippen molar-refractivity contribution < 1.29 is 19.2 Å². The van der Waals surface area contributed by atoms with Crippen molar-refractivity contribution >= 4 is 28.3 Å². The van der Waals surface area contributed by atoms with Gasteiger partial charge in [-0.15, -0.1) is 0 Å². The Morgan fingerprint density at radius 2 is 1.93 bits per heavy atom. The Bertz CT molecular complexity index is 1090. The Hall–Kier alpha value is -3.61. The molecule has 2 aromatic carbocycles. The summed E-state index contributed by atoms with van der Waals surface area (Å²) in [5, 5.41) is 11.5. The van der Waals surface area contributed by atoms with E-state index in [4.69, 9.17) is 4.74 Å². The van der Waals surface area contributed by atoms with Crippen molar-refractivity contribution in [1.29, 1.82) is 0 Å². The second-order valence-corrected chi connectivity index (χ2v) is 6.32. The standard InChI is InChI=1S/C21H18N2O5/c1-3-14-7-8-19-17(10-14)18(9-13(2)22-19)21(25)28-12-20(24)15-5-4-6-16(11-15)23(26)27/h4-11H,3,12H2,1-2H3. The van der Waals surface area contributed by atoms with Gasteiger partial charge in [0, 0.05) is 28.8 Å². The van der Waals surface area contributed by atoms with E-state index in [-0.39, 0.29) is 11.3 Å². The Labute approximate surface area is 161 Å². The molecular weight excluding hydrogens is 360 g/mol. The molecule has 0 aliphatic rings. The van der Waals surface area contributed by atoms with Crippen LogP contribution in [0.2, 0.25) is 0 Å². The zero-order valence-corrected chi connectivity index (χ0v) is 15.5. The van der Waals surface area contributed by atoms with Gasteiger partial charge in [0.2, 0.25) is 5.78 Å². The summed E-state index contributed by atoms with van der Waals surface area (Å²) < 4.78 is 5.20. The molecule has 0 aliphatic carbocycles. The van der Waals surface area contributed by atoms with Crippen LogP contribution < -0.4 is 0 Å². The molecule has 0 unspecified atom stereocenters. The van der Waals surface area contributed by atoms with Gasteiger partial charge in [-0.3, -0.25) is 19.9 Å². The SMILES string of the molecule is CCc1ccc2nc(C)cc(C(=O)OCC(=O)c3cccc([N+](=O)[O-])c3)c2c1. The summed E-state index contributed by atoms with van der Waals surface area (Å²) in [6, 6.07) is 12.6. The van der Waals surface area contributed by atoms with E-state index in [1.54, 1.807) is 13.0 Å². The summed E-state index contributed by atoms with van der Waals surface area (Å²) in [5.41, 5.74) is 2.65. The van der Waals surface area contributed by atoms with Crippen molar-refractivity contribution in [3.05, 3.63) is 81.0 Å². The Balaban J connectivity index is 1.82. The maximum atomic E-state index is 12.6. The maximum absolute atomic E-state index is 12.6. The summed E-state index contributed by atoms with van der Waals surface area (Å²) in [6.45, 7) is 3.28. The predicted octanol–water partition coefficient (Wildman–Crippen LogP) is 4.05. The number of ether oxygens (including phenoxy) is 1. The molecule has 0 radical (unpaired) electrons. The first-order valence-electron chi connectivity index (χ1n) is 8.74. The smallest absolute Gasteiger partial charge is 0.339 e. The molecule has 0 atom stereocenters. The van der Waals surface area contributed by atoms with Gasteiger partial charge in [-0.1, -0.05) is 25.1 Å². The van der Waals surface area contributed by atoms with Crippen LogP contribution in [0.25, 0.3) is 10.9 Å². The highest BCUT2D eigenvalue weighted by Crippen LogP contribution is 2.22. The van der Waals surface area contributed by atoms with Gasteiger partial charge in [-0.25, -0.2) is 4.79 Å². The molecule has 0 bridgehead atoms. The van der Waals surface area contributed by atoms with Gasteiger partial charge in [0.25, 0.3) is 5.69 Å². The lowest BCUT2D eigenvalue weighted by Gasteiger charge is -2.09. The molecule has 0 saturated heterocycles. The van der Waals surface area contributed by atoms with E-state index in [9.17, 15) is 19.7 Å². The van der Waals surface area contributed by atoms with E-state index in [0.29, 0.717) is 22.2 Å². The quantitative estimate of drug-likeness (QED) is 0.278. The molecule has 7 nitrogen and oxygen atoms in total. The molecular formula is C21H18N2O5. The van der Waals surface area contributed by atoms with E-state index in [2.05, 4.69) is 4.98 Å². The van der Waals surface area contributed by atoms with E-state index in [1.807, 2.05) is 25.1 Å². The summed E-state index contributed by atoms with van der Waals surface area (Å²) in [4.78, 5) is 39.6. The molecule has 1 heterocycles. The molecule has 0 amide bonds. The third kappa shape index (κ3) is 4.03. The van der Waals surface area contributed by atoms with Crippen LogP contribution in [-0.2, 0) is 11.2 Å². The topological polar surface area (TPSA) is 99.4 Å². The number of benzene rings is 2. The first kappa shape index (κ1) is 19.2. The minimum atomic E-state index is -0.637. The fraction of sp³-hybridized carbons (Fsp3) is 0.190. The van der Waals surface area contributed by atoms with Crippen molar-refractivity contribution in [1.82, 2.24) is 4.98 Å². The van der Waals surface area contributed by atoms with Crippen LogP contribution >= 0.6 is 0 Å². The van der Waals surface area contributed by atoms with Crippen LogP contribution in [0.3, 0.4) is 0 Å². The number of fused-ring (bicyclic) bond motifs is 1. The molecule has 0 fully saturated rings. The van der Waals surface area contributed by atoms with Crippen LogP contribution in [-0.4, -0.2) is 28.3 Å². The zero-order chi connectivity index (χ0) is 20.3. The van der Waals surface area contributed by atoms with Crippen LogP contribution in [0.4, 0.5) is 5.69 Å². The maximum Gasteiger partial charge on any atom is 0.339 e. The molecule has 142 valence electrons. The Kier molecular flexibility index (Phi) is 5.44. The van der Waals surface area contributed by atoms with E-state index in [0.717, 1.165) is 18.1 Å². The van der Waals surface area contributed by atoms with Gasteiger partial charge in [-0.05, 0) is 37.1 Å². The number of pyridine rings is 1. The monoisotopic (exact) mass is 378 g/mol. The van der Waals surface area contributed by atoms with Crippen LogP contribution in [0.5, 0.6) is 0 Å². The number of ketones is 1. The zero-order valence-electron chi connectivity index (χ0n) is 15.5. The number of Topliss-reactive ketones (excluding diaryl/α,β-unsaturated/α-hetero) is 1. The number of hydrogen-bond donors (Lipinski definition) is 0. The average molecular weight is 378 g/mol. The lowest BCUT2D eigenvalue weighted by molar-refractivity contribution is -0.384. The Morgan fingerprint density at radius 1 is 1.14 bits per heavy atom. The number of nitro benzene ring substituents is 1. The van der Waals surface area contributed by atoms with Crippen molar-refractivity contribution in [2.75, 3.05) is 6.61 Å². The van der Waals surface area contributed by atoms with Gasteiger partial charge in [0.05, 0.1) is 16.0 Å². The highest BCUT2D eigenvalue weighted by Gasteiger charge is 2.17. The number of rotatable bonds is 6. The first-order valence-corrected chi connectivity index (χ1v) is 8.74. The molecule has 0 N–H and O–H groups in total. The molecule has 3 aromatic rings. The second-order valence-electron chi connectivity index (χ2n) is 6.32. The normalized spacial score (nSPS) is 10.6. The number of nitrogens with zero attached hydrogens (tertiary/aromatic N) is 2. The number of hydrogen-bond acceptors (Lipinski definition) is 6. The lowest BCUT2D eigenvalue weighted by Crippen LogP contribution is -2.15. The summed E-state index contributed by atoms with van der Waals surface area (Å²) in [5.74, 6) is -1.15. The van der Waals surface area contributed by atoms with Gasteiger partial charge >= 0.3 is 5.97 Å². The molecule has 0 aliphatic heterocycles. The van der Waals surface area contributed by atoms with Crippen LogP contribution in [0, 0.1) is 17.0 Å². The van der Waals surface area contributed by atoms with Crippen molar-refractivity contribution in [2.45, 2.75) is 20.3 Å². The van der Waals surface area contributed by atoms with Crippen molar-refractivity contribution in [3.8, 4) is 0 Å². The molecule has 0 spiro atoms. The van der Waals surface area contributed by atoms with Gasteiger partial charge < -0.3 is 4.74 Å². The first-order chi connectivity index (χ1) is 13.4. The van der Waals surface area contributed by atoms with Crippen molar-refractivity contribution in [3.63, 3.8) is 0 Å². The number of carbonyl (C=O) groups excluding carboxylic acids is 2. The largest absolute Gasteiger partial charge is 0.454 e. The fourth-order valence-corrected chi connectivity index (χ4v) is 2.88. The fourth-order valence-electron chi connectivity index (χ4n) is 2.88. The highest BCUT2D eigenvalue weighted by molar-refractivity contribution is 6.05. The summed E-state index contributed by atoms with van der Waals surface area (Å²) in [6.07, 6.45) is 0.809. The minimum absolute atomic E-state index is 0.117. The van der Waals surface area contributed by atoms with Gasteiger partial charge in [0.1, 0.15) is 0 Å². The van der Waals surface area contributed by atoms with E-state index < -0.39 is 23.3 Å². The number of nitro groups is 1. The van der Waals surface area contributed by atoms with Gasteiger partial charge in [-0.2, -0.15) is 0 Å². The van der Waals surface area contributed by atoms with Crippen molar-refractivity contribution in [2.24, 2.45) is 0 Å². The number of esters is 1. The van der Waals surface area contributed by atoms with Gasteiger partial charge in [0.15, 0.2) is 6.61 Å². The van der Waals surface area contributed by atoms with Crippen LogP contribution in [0.15, 0.2) is 48.5 Å². The molecule has 28 heavy (non-hydrogen) atoms. The molecule has 0 saturated carbocycles. The van der Waals surface area contributed by atoms with Crippen LogP contribution in [0.1, 0.15) is 38.9 Å². The van der Waals surface area contributed by atoms with E-state index in [1.165, 1.54) is 18.2 Å². The average Bonchev–Trinajstić information content (AvgIpc) is 2.70. The molecule has 7 heteroatoms. The summed E-state index contributed by atoms with van der Waals surface area (Å²) >= 11 is 0. The Morgan fingerprint density at radius 3 is 2.64 bits per heavy atom. The minimum Gasteiger partial charge on any atom is -0.454 e. The van der Waals surface area contributed by atoms with E-state index >= 15 is 0 Å². The number of aromatic nitrogens is 1. The highest BCUT2D eigenvalue weighted by atomic mass is 16.6. The number of aryl methyl sites for hydroxylation is 2. The predicted molar refractivity (Wildman–Crippen MR) is 104 cm³/mol. The molecule has 3 rings (SSSR count). The summed E-state index contributed by atoms with van der Waals surface area (Å²) in [7, 11) is 0. The second kappa shape index (κ2) is 7.96. The number of carbonyl (C=O) groups is 2. The third-order valence-electron chi connectivity index (χ3n) is 4.34. The lowest BCUT2D eigenvalue weighted by atomic mass is 10.0. The third-order valence-corrected chi connectivity index (χ3v) is 4.34.